The van der Waals surface area contributed by atoms with Crippen molar-refractivity contribution in [3.05, 3.63) is 23.9 Å². The van der Waals surface area contributed by atoms with Crippen molar-refractivity contribution >= 4 is 11.7 Å². The van der Waals surface area contributed by atoms with Crippen LogP contribution in [0.1, 0.15) is 32.3 Å². The number of carbonyl (C=O) groups excluding carboxylic acids is 1. The molecule has 1 aromatic heterocycles. The van der Waals surface area contributed by atoms with Gasteiger partial charge in [0.2, 0.25) is 5.91 Å². The molecule has 1 N–H and O–H groups in total. The summed E-state index contributed by atoms with van der Waals surface area (Å²) >= 11 is 0. The maximum absolute atomic E-state index is 12.1. The van der Waals surface area contributed by atoms with Crippen LogP contribution in [0.4, 0.5) is 5.82 Å². The lowest BCUT2D eigenvalue weighted by Crippen LogP contribution is -2.56. The van der Waals surface area contributed by atoms with Crippen molar-refractivity contribution in [2.75, 3.05) is 44.7 Å². The van der Waals surface area contributed by atoms with Crippen LogP contribution in [0.5, 0.6) is 0 Å². The van der Waals surface area contributed by atoms with Gasteiger partial charge in [-0.15, -0.1) is 0 Å². The van der Waals surface area contributed by atoms with E-state index in [1.54, 1.807) is 0 Å². The summed E-state index contributed by atoms with van der Waals surface area (Å²) in [5, 5.41) is 3.16. The summed E-state index contributed by atoms with van der Waals surface area (Å²) < 4.78 is 0. The van der Waals surface area contributed by atoms with Gasteiger partial charge in [0.1, 0.15) is 5.82 Å². The molecule has 6 nitrogen and oxygen atoms in total. The number of carbonyl (C=O) groups is 1. The average Bonchev–Trinajstić information content (AvgIpc) is 2.62. The van der Waals surface area contributed by atoms with Gasteiger partial charge in [-0.3, -0.25) is 9.69 Å². The molecule has 2 fully saturated rings. The molecule has 0 spiro atoms. The minimum atomic E-state index is 0.251. The second-order valence-electron chi connectivity index (χ2n) is 7.52. The molecule has 3 heterocycles. The van der Waals surface area contributed by atoms with Crippen molar-refractivity contribution in [3.8, 4) is 0 Å². The molecule has 2 aliphatic heterocycles. The van der Waals surface area contributed by atoms with Crippen molar-refractivity contribution in [1.82, 2.24) is 20.1 Å². The molecule has 1 amide bonds. The number of likely N-dealkylation sites (tertiary alicyclic amines) is 1. The van der Waals surface area contributed by atoms with E-state index < -0.39 is 0 Å². The molecule has 0 radical (unpaired) electrons. The first kappa shape index (κ1) is 18.1. The number of anilines is 1. The number of amides is 1. The molecular weight excluding hydrogens is 314 g/mol. The largest absolute Gasteiger partial charge is 0.357 e. The molecular formula is C19H31N5O. The molecule has 6 heteroatoms. The maximum Gasteiger partial charge on any atom is 0.236 e. The molecule has 1 atom stereocenters. The quantitative estimate of drug-likeness (QED) is 0.872. The highest BCUT2D eigenvalue weighted by atomic mass is 16.2. The van der Waals surface area contributed by atoms with Crippen LogP contribution >= 0.6 is 0 Å². The van der Waals surface area contributed by atoms with Gasteiger partial charge in [-0.25, -0.2) is 4.98 Å². The fourth-order valence-electron chi connectivity index (χ4n) is 3.68. The summed E-state index contributed by atoms with van der Waals surface area (Å²) in [7, 11) is 2.08. The van der Waals surface area contributed by atoms with Gasteiger partial charge < -0.3 is 15.1 Å². The lowest BCUT2D eigenvalue weighted by atomic mass is 10.0. The van der Waals surface area contributed by atoms with Gasteiger partial charge >= 0.3 is 0 Å². The van der Waals surface area contributed by atoms with Crippen molar-refractivity contribution in [3.63, 3.8) is 0 Å². The topological polar surface area (TPSA) is 51.7 Å². The lowest BCUT2D eigenvalue weighted by molar-refractivity contribution is -0.135. The van der Waals surface area contributed by atoms with E-state index in [1.807, 2.05) is 6.20 Å². The van der Waals surface area contributed by atoms with Gasteiger partial charge in [-0.1, -0.05) is 6.07 Å². The molecule has 2 aliphatic rings. The van der Waals surface area contributed by atoms with E-state index in [1.165, 1.54) is 5.56 Å². The molecule has 0 saturated carbocycles. The SMILES string of the molecule is CC(C)N(C)c1ccc(CN2CCCC(N3CCNCC3=O)C2)cn1. The number of nitrogens with zero attached hydrogens (tertiary/aromatic N) is 4. The Bertz CT molecular complexity index is 574. The van der Waals surface area contributed by atoms with Crippen molar-refractivity contribution < 1.29 is 4.79 Å². The monoisotopic (exact) mass is 345 g/mol. The average molecular weight is 345 g/mol. The second-order valence-corrected chi connectivity index (χ2v) is 7.52. The summed E-state index contributed by atoms with van der Waals surface area (Å²) in [6.45, 7) is 9.57. The van der Waals surface area contributed by atoms with E-state index in [-0.39, 0.29) is 5.91 Å². The zero-order chi connectivity index (χ0) is 17.8. The minimum Gasteiger partial charge on any atom is -0.357 e. The Labute approximate surface area is 151 Å². The van der Waals surface area contributed by atoms with Crippen LogP contribution in [0, 0.1) is 0 Å². The van der Waals surface area contributed by atoms with E-state index in [4.69, 9.17) is 0 Å². The van der Waals surface area contributed by atoms with Gasteiger partial charge in [0.25, 0.3) is 0 Å². The highest BCUT2D eigenvalue weighted by Gasteiger charge is 2.29. The first-order valence-electron chi connectivity index (χ1n) is 9.45. The number of hydrogen-bond acceptors (Lipinski definition) is 5. The van der Waals surface area contributed by atoms with Crippen LogP contribution in [-0.4, -0.2) is 72.5 Å². The third kappa shape index (κ3) is 4.50. The summed E-state index contributed by atoms with van der Waals surface area (Å²) in [6, 6.07) is 5.10. The number of hydrogen-bond donors (Lipinski definition) is 1. The van der Waals surface area contributed by atoms with Crippen LogP contribution < -0.4 is 10.2 Å². The van der Waals surface area contributed by atoms with E-state index in [0.29, 0.717) is 18.6 Å². The van der Waals surface area contributed by atoms with Gasteiger partial charge in [-0.2, -0.15) is 0 Å². The number of rotatable bonds is 5. The first-order valence-corrected chi connectivity index (χ1v) is 9.45. The number of pyridine rings is 1. The van der Waals surface area contributed by atoms with Crippen molar-refractivity contribution in [1.29, 1.82) is 0 Å². The van der Waals surface area contributed by atoms with E-state index in [0.717, 1.165) is 51.4 Å². The smallest absolute Gasteiger partial charge is 0.236 e. The Morgan fingerprint density at radius 2 is 2.20 bits per heavy atom. The van der Waals surface area contributed by atoms with E-state index in [9.17, 15) is 4.79 Å². The fraction of sp³-hybridized carbons (Fsp3) is 0.684. The van der Waals surface area contributed by atoms with Gasteiger partial charge in [0.05, 0.1) is 6.54 Å². The Morgan fingerprint density at radius 1 is 1.36 bits per heavy atom. The second kappa shape index (κ2) is 8.15. The van der Waals surface area contributed by atoms with Gasteiger partial charge in [0, 0.05) is 51.5 Å². The summed E-state index contributed by atoms with van der Waals surface area (Å²) in [6.07, 6.45) is 4.27. The van der Waals surface area contributed by atoms with Crippen LogP contribution in [0.3, 0.4) is 0 Å². The molecule has 1 aromatic rings. The van der Waals surface area contributed by atoms with E-state index in [2.05, 4.69) is 58.0 Å². The molecule has 1 unspecified atom stereocenters. The normalized spacial score (nSPS) is 22.5. The van der Waals surface area contributed by atoms with E-state index >= 15 is 0 Å². The fourth-order valence-corrected chi connectivity index (χ4v) is 3.68. The summed E-state index contributed by atoms with van der Waals surface area (Å²) in [5.74, 6) is 1.27. The molecule has 25 heavy (non-hydrogen) atoms. The lowest BCUT2D eigenvalue weighted by Gasteiger charge is -2.41. The number of nitrogens with one attached hydrogen (secondary N) is 1. The molecule has 2 saturated heterocycles. The Kier molecular flexibility index (Phi) is 5.91. The van der Waals surface area contributed by atoms with Crippen LogP contribution in [0.2, 0.25) is 0 Å². The molecule has 0 bridgehead atoms. The Balaban J connectivity index is 1.58. The summed E-state index contributed by atoms with van der Waals surface area (Å²) in [4.78, 5) is 23.5. The van der Waals surface area contributed by atoms with Crippen LogP contribution in [0.15, 0.2) is 18.3 Å². The maximum atomic E-state index is 12.1. The molecule has 0 aliphatic carbocycles. The highest BCUT2D eigenvalue weighted by molar-refractivity contribution is 5.79. The Morgan fingerprint density at radius 3 is 2.88 bits per heavy atom. The predicted molar refractivity (Wildman–Crippen MR) is 101 cm³/mol. The molecule has 0 aromatic carbocycles. The number of piperidine rings is 1. The van der Waals surface area contributed by atoms with Gasteiger partial charge in [0.15, 0.2) is 0 Å². The van der Waals surface area contributed by atoms with Crippen molar-refractivity contribution in [2.45, 2.75) is 45.3 Å². The molecule has 3 rings (SSSR count). The zero-order valence-electron chi connectivity index (χ0n) is 15.7. The third-order valence-electron chi connectivity index (χ3n) is 5.40. The van der Waals surface area contributed by atoms with Crippen molar-refractivity contribution in [2.24, 2.45) is 0 Å². The third-order valence-corrected chi connectivity index (χ3v) is 5.40. The zero-order valence-corrected chi connectivity index (χ0v) is 15.7. The summed E-state index contributed by atoms with van der Waals surface area (Å²) in [5.41, 5.74) is 1.24. The highest BCUT2D eigenvalue weighted by Crippen LogP contribution is 2.20. The van der Waals surface area contributed by atoms with Gasteiger partial charge in [-0.05, 0) is 44.9 Å². The molecule has 138 valence electrons. The first-order chi connectivity index (χ1) is 12.0. The number of aromatic nitrogens is 1. The van der Waals surface area contributed by atoms with Crippen LogP contribution in [-0.2, 0) is 11.3 Å². The Hall–Kier alpha value is -1.66. The minimum absolute atomic E-state index is 0.251. The van der Waals surface area contributed by atoms with Crippen LogP contribution in [0.25, 0.3) is 0 Å². The predicted octanol–water partition coefficient (Wildman–Crippen LogP) is 1.32. The number of piperazine rings is 1. The standard InChI is InChI=1S/C19H31N5O/c1-15(2)22(3)18-7-6-16(11-21-18)13-23-9-4-5-17(14-23)24-10-8-20-12-19(24)25/h6-7,11,15,17,20H,4-5,8-10,12-14H2,1-3H3.